The van der Waals surface area contributed by atoms with Crippen LogP contribution >= 0.6 is 23.2 Å². The Morgan fingerprint density at radius 2 is 1.43 bits per heavy atom. The van der Waals surface area contributed by atoms with Crippen LogP contribution in [0.15, 0.2) is 36.4 Å². The number of nitrogens with zero attached hydrogens (tertiary/aromatic N) is 2. The van der Waals surface area contributed by atoms with Crippen LogP contribution in [0.5, 0.6) is 0 Å². The first-order valence-corrected chi connectivity index (χ1v) is 7.07. The molecule has 0 N–H and O–H groups in total. The summed E-state index contributed by atoms with van der Waals surface area (Å²) in [5.41, 5.74) is 3.30. The van der Waals surface area contributed by atoms with E-state index in [1.807, 2.05) is 25.1 Å². The lowest BCUT2D eigenvalue weighted by Crippen LogP contribution is -1.77. The lowest BCUT2D eigenvalue weighted by atomic mass is 10.1. The molecule has 4 heteroatoms. The fraction of sp³-hybridized carbons (Fsp3) is 0.176. The SMILES string of the molecule is [C-]#[N+]c1ccc(C)cc1Cl.[C-]#[N+]c1ccc(CC)cc1Cl. The van der Waals surface area contributed by atoms with Crippen LogP contribution in [-0.2, 0) is 6.42 Å². The van der Waals surface area contributed by atoms with Gasteiger partial charge in [-0.3, -0.25) is 0 Å². The van der Waals surface area contributed by atoms with Crippen LogP contribution in [0.4, 0.5) is 11.4 Å². The average molecular weight is 317 g/mol. The van der Waals surface area contributed by atoms with Crippen molar-refractivity contribution in [2.24, 2.45) is 0 Å². The fourth-order valence-corrected chi connectivity index (χ4v) is 2.09. The minimum Gasteiger partial charge on any atom is -0.237 e. The van der Waals surface area contributed by atoms with Gasteiger partial charge in [-0.05, 0) is 18.9 Å². The van der Waals surface area contributed by atoms with E-state index in [9.17, 15) is 0 Å². The van der Waals surface area contributed by atoms with E-state index in [4.69, 9.17) is 36.3 Å². The van der Waals surface area contributed by atoms with E-state index in [-0.39, 0.29) is 0 Å². The molecule has 0 saturated heterocycles. The molecule has 0 amide bonds. The molecule has 106 valence electrons. The smallest absolute Gasteiger partial charge is 0.205 e. The van der Waals surface area contributed by atoms with E-state index >= 15 is 0 Å². The summed E-state index contributed by atoms with van der Waals surface area (Å²) >= 11 is 11.5. The Bertz CT molecular complexity index is 710. The lowest BCUT2D eigenvalue weighted by molar-refractivity contribution is 1.14. The zero-order chi connectivity index (χ0) is 15.8. The molecule has 0 aliphatic heterocycles. The van der Waals surface area contributed by atoms with Crippen molar-refractivity contribution in [2.75, 3.05) is 0 Å². The second-order valence-electron chi connectivity index (χ2n) is 4.32. The summed E-state index contributed by atoms with van der Waals surface area (Å²) in [5.74, 6) is 0. The Kier molecular flexibility index (Phi) is 6.76. The highest BCUT2D eigenvalue weighted by Crippen LogP contribution is 2.26. The Morgan fingerprint density at radius 1 is 0.905 bits per heavy atom. The summed E-state index contributed by atoms with van der Waals surface area (Å²) < 4.78 is 0. The molecule has 0 radical (unpaired) electrons. The molecule has 0 atom stereocenters. The molecule has 0 heterocycles. The molecule has 2 aromatic carbocycles. The molecule has 0 aromatic heterocycles. The van der Waals surface area contributed by atoms with Gasteiger partial charge in [-0.1, -0.05) is 72.1 Å². The highest BCUT2D eigenvalue weighted by molar-refractivity contribution is 6.33. The Balaban J connectivity index is 0.000000211. The summed E-state index contributed by atoms with van der Waals surface area (Å²) in [5, 5.41) is 1.09. The van der Waals surface area contributed by atoms with Crippen molar-refractivity contribution in [1.29, 1.82) is 0 Å². The van der Waals surface area contributed by atoms with Gasteiger partial charge in [0.15, 0.2) is 0 Å². The molecule has 2 rings (SSSR count). The highest BCUT2D eigenvalue weighted by atomic mass is 35.5. The predicted octanol–water partition coefficient (Wildman–Crippen LogP) is 6.65. The molecule has 0 spiro atoms. The van der Waals surface area contributed by atoms with Crippen molar-refractivity contribution < 1.29 is 0 Å². The number of hydrogen-bond acceptors (Lipinski definition) is 0. The Hall–Kier alpha value is -2.00. The standard InChI is InChI=1S/C9H8ClN.C8H6ClN/c1-3-7-4-5-9(11-2)8(10)6-7;1-6-3-4-8(10-2)7(9)5-6/h4-6H,3H2,1H3;3-5H,1H3. The third-order valence-electron chi connectivity index (χ3n) is 2.76. The fourth-order valence-electron chi connectivity index (χ4n) is 1.56. The molecular formula is C17H14Cl2N2. The normalized spacial score (nSPS) is 9.05. The van der Waals surface area contributed by atoms with E-state index in [2.05, 4.69) is 16.6 Å². The van der Waals surface area contributed by atoms with Gasteiger partial charge >= 0.3 is 0 Å². The number of rotatable bonds is 1. The van der Waals surface area contributed by atoms with E-state index in [0.29, 0.717) is 21.4 Å². The molecule has 0 saturated carbocycles. The monoisotopic (exact) mass is 316 g/mol. The zero-order valence-corrected chi connectivity index (χ0v) is 13.3. The van der Waals surface area contributed by atoms with Gasteiger partial charge in [-0.25, -0.2) is 9.69 Å². The topological polar surface area (TPSA) is 8.72 Å². The molecule has 21 heavy (non-hydrogen) atoms. The van der Waals surface area contributed by atoms with Crippen molar-refractivity contribution in [2.45, 2.75) is 20.3 Å². The van der Waals surface area contributed by atoms with Crippen molar-refractivity contribution in [3.63, 3.8) is 0 Å². The van der Waals surface area contributed by atoms with E-state index in [1.54, 1.807) is 18.2 Å². The molecule has 0 aliphatic carbocycles. The molecular weight excluding hydrogens is 303 g/mol. The number of halogens is 2. The first-order chi connectivity index (χ1) is 10.0. The average Bonchev–Trinajstić information content (AvgIpc) is 2.48. The first-order valence-electron chi connectivity index (χ1n) is 6.31. The summed E-state index contributed by atoms with van der Waals surface area (Å²) in [7, 11) is 0. The van der Waals surface area contributed by atoms with Gasteiger partial charge in [0.25, 0.3) is 0 Å². The predicted molar refractivity (Wildman–Crippen MR) is 89.5 cm³/mol. The third kappa shape index (κ3) is 5.12. The van der Waals surface area contributed by atoms with Crippen LogP contribution in [0, 0.1) is 20.1 Å². The summed E-state index contributed by atoms with van der Waals surface area (Å²) in [4.78, 5) is 6.49. The molecule has 2 nitrogen and oxygen atoms in total. The first kappa shape index (κ1) is 17.1. The highest BCUT2D eigenvalue weighted by Gasteiger charge is 1.98. The van der Waals surface area contributed by atoms with Crippen molar-refractivity contribution >= 4 is 34.6 Å². The van der Waals surface area contributed by atoms with Crippen LogP contribution in [0.3, 0.4) is 0 Å². The van der Waals surface area contributed by atoms with Gasteiger partial charge in [0.05, 0.1) is 13.1 Å². The van der Waals surface area contributed by atoms with Gasteiger partial charge in [-0.15, -0.1) is 0 Å². The van der Waals surface area contributed by atoms with E-state index in [0.717, 1.165) is 12.0 Å². The van der Waals surface area contributed by atoms with Crippen LogP contribution in [0.2, 0.25) is 10.0 Å². The van der Waals surface area contributed by atoms with Crippen molar-refractivity contribution in [1.82, 2.24) is 0 Å². The zero-order valence-electron chi connectivity index (χ0n) is 11.8. The quantitative estimate of drug-likeness (QED) is 0.520. The maximum absolute atomic E-state index is 6.75. The van der Waals surface area contributed by atoms with Gasteiger partial charge in [0.2, 0.25) is 11.4 Å². The molecule has 0 unspecified atom stereocenters. The molecule has 0 fully saturated rings. The minimum absolute atomic E-state index is 0.521. The number of benzene rings is 2. The van der Waals surface area contributed by atoms with Gasteiger partial charge < -0.3 is 0 Å². The van der Waals surface area contributed by atoms with Crippen LogP contribution in [0.1, 0.15) is 18.1 Å². The number of aryl methyl sites for hydroxylation is 2. The Labute approximate surface area is 135 Å². The summed E-state index contributed by atoms with van der Waals surface area (Å²) in [6.07, 6.45) is 0.956. The summed E-state index contributed by atoms with van der Waals surface area (Å²) in [6, 6.07) is 10.9. The molecule has 0 aliphatic rings. The van der Waals surface area contributed by atoms with Gasteiger partial charge in [0.1, 0.15) is 0 Å². The summed E-state index contributed by atoms with van der Waals surface area (Å²) in [6.45, 7) is 17.5. The maximum Gasteiger partial charge on any atom is 0.205 e. The largest absolute Gasteiger partial charge is 0.237 e. The van der Waals surface area contributed by atoms with E-state index < -0.39 is 0 Å². The van der Waals surface area contributed by atoms with Crippen LogP contribution in [-0.4, -0.2) is 0 Å². The van der Waals surface area contributed by atoms with Crippen molar-refractivity contribution in [3.05, 3.63) is 80.4 Å². The maximum atomic E-state index is 6.75. The second kappa shape index (κ2) is 8.32. The van der Waals surface area contributed by atoms with Crippen LogP contribution in [0.25, 0.3) is 9.69 Å². The minimum atomic E-state index is 0.521. The van der Waals surface area contributed by atoms with Crippen LogP contribution < -0.4 is 0 Å². The Morgan fingerprint density at radius 3 is 1.86 bits per heavy atom. The second-order valence-corrected chi connectivity index (χ2v) is 5.13. The van der Waals surface area contributed by atoms with Gasteiger partial charge in [0, 0.05) is 10.0 Å². The van der Waals surface area contributed by atoms with Gasteiger partial charge in [-0.2, -0.15) is 0 Å². The van der Waals surface area contributed by atoms with E-state index in [1.165, 1.54) is 5.56 Å². The third-order valence-corrected chi connectivity index (χ3v) is 3.37. The molecule has 0 bridgehead atoms. The molecule has 2 aromatic rings. The lowest BCUT2D eigenvalue weighted by Gasteiger charge is -1.97. The number of hydrogen-bond donors (Lipinski definition) is 0. The van der Waals surface area contributed by atoms with Crippen molar-refractivity contribution in [3.8, 4) is 0 Å².